The van der Waals surface area contributed by atoms with Crippen molar-refractivity contribution in [3.8, 4) is 10.4 Å². The molecule has 9 heteroatoms. The van der Waals surface area contributed by atoms with Gasteiger partial charge in [0, 0.05) is 16.6 Å². The Morgan fingerprint density at radius 2 is 2.24 bits per heavy atom. The Morgan fingerprint density at radius 1 is 1.44 bits per heavy atom. The van der Waals surface area contributed by atoms with Gasteiger partial charge in [-0.3, -0.25) is 0 Å². The summed E-state index contributed by atoms with van der Waals surface area (Å²) in [5, 5.41) is 33.0. The van der Waals surface area contributed by atoms with Crippen molar-refractivity contribution in [3.63, 3.8) is 0 Å². The van der Waals surface area contributed by atoms with Crippen LogP contribution in [-0.4, -0.2) is 54.3 Å². The highest BCUT2D eigenvalue weighted by atomic mass is 32.1. The molecule has 3 aromatic rings. The quantitative estimate of drug-likeness (QED) is 0.541. The fourth-order valence-electron chi connectivity index (χ4n) is 3.30. The molecule has 1 aliphatic heterocycles. The van der Waals surface area contributed by atoms with E-state index < -0.39 is 30.6 Å². The predicted octanol–water partition coefficient (Wildman–Crippen LogP) is 0.744. The first-order valence-electron chi connectivity index (χ1n) is 7.76. The van der Waals surface area contributed by atoms with Gasteiger partial charge in [0.05, 0.1) is 12.0 Å². The van der Waals surface area contributed by atoms with Crippen molar-refractivity contribution in [2.75, 3.05) is 12.3 Å². The molecular formula is C16H18N4O4S. The van der Waals surface area contributed by atoms with Crippen molar-refractivity contribution in [1.29, 1.82) is 0 Å². The Morgan fingerprint density at radius 3 is 2.88 bits per heavy atom. The van der Waals surface area contributed by atoms with E-state index in [1.807, 2.05) is 17.5 Å². The van der Waals surface area contributed by atoms with Gasteiger partial charge >= 0.3 is 0 Å². The molecule has 0 saturated carbocycles. The van der Waals surface area contributed by atoms with Crippen molar-refractivity contribution in [2.45, 2.75) is 31.0 Å². The minimum Gasteiger partial charge on any atom is -0.394 e. The summed E-state index contributed by atoms with van der Waals surface area (Å²) in [4.78, 5) is 9.34. The van der Waals surface area contributed by atoms with Gasteiger partial charge in [0.25, 0.3) is 0 Å². The molecule has 132 valence electrons. The Labute approximate surface area is 147 Å². The van der Waals surface area contributed by atoms with Gasteiger partial charge < -0.3 is 30.4 Å². The van der Waals surface area contributed by atoms with Crippen LogP contribution in [0.1, 0.15) is 13.2 Å². The van der Waals surface area contributed by atoms with Gasteiger partial charge in [0.1, 0.15) is 35.6 Å². The predicted molar refractivity (Wildman–Crippen MR) is 92.9 cm³/mol. The molecule has 0 aliphatic carbocycles. The van der Waals surface area contributed by atoms with Crippen LogP contribution in [0.2, 0.25) is 0 Å². The lowest BCUT2D eigenvalue weighted by atomic mass is 9.96. The van der Waals surface area contributed by atoms with E-state index in [1.165, 1.54) is 13.3 Å². The van der Waals surface area contributed by atoms with Crippen LogP contribution in [0.4, 0.5) is 5.82 Å². The summed E-state index contributed by atoms with van der Waals surface area (Å²) in [6.07, 6.45) is 0.0830. The number of nitrogens with two attached hydrogens (primary N) is 1. The number of rotatable bonds is 3. The Hall–Kier alpha value is -2.04. The lowest BCUT2D eigenvalue weighted by molar-refractivity contribution is -0.0948. The molecule has 4 heterocycles. The number of aromatic nitrogens is 3. The summed E-state index contributed by atoms with van der Waals surface area (Å²) in [6.45, 7) is 1.07. The molecule has 1 fully saturated rings. The zero-order valence-electron chi connectivity index (χ0n) is 13.4. The molecular weight excluding hydrogens is 344 g/mol. The maximum Gasteiger partial charge on any atom is 0.167 e. The number of nitrogen functional groups attached to an aromatic ring is 1. The fraction of sp³-hybridized carbons (Fsp3) is 0.375. The third-order valence-electron chi connectivity index (χ3n) is 4.61. The number of fused-ring (bicyclic) bond motifs is 1. The first kappa shape index (κ1) is 16.4. The first-order chi connectivity index (χ1) is 11.9. The van der Waals surface area contributed by atoms with E-state index in [2.05, 4.69) is 9.97 Å². The number of nitrogens with zero attached hydrogens (tertiary/aromatic N) is 3. The summed E-state index contributed by atoms with van der Waals surface area (Å²) in [6, 6.07) is 3.88. The second kappa shape index (κ2) is 5.75. The van der Waals surface area contributed by atoms with Crippen molar-refractivity contribution < 1.29 is 20.1 Å². The standard InChI is InChI=1S/C16H18N4O4S/c1-16(23)12(22)9(6-21)24-15(16)20-5-8(10-3-2-4-25-10)11-13(17)18-7-19-14(11)20/h2-5,7,9,12,15,21-23H,6H2,1H3,(H2,17,18,19)/t9-,12?,15-,16?/m1/s1. The molecule has 2 unspecified atom stereocenters. The van der Waals surface area contributed by atoms with Crippen molar-refractivity contribution in [2.24, 2.45) is 0 Å². The zero-order valence-corrected chi connectivity index (χ0v) is 14.2. The van der Waals surface area contributed by atoms with E-state index in [4.69, 9.17) is 10.5 Å². The molecule has 0 aromatic carbocycles. The van der Waals surface area contributed by atoms with Crippen LogP contribution in [0, 0.1) is 0 Å². The molecule has 0 bridgehead atoms. The Bertz CT molecular complexity index is 908. The van der Waals surface area contributed by atoms with Crippen LogP contribution < -0.4 is 5.73 Å². The van der Waals surface area contributed by atoms with Crippen LogP contribution >= 0.6 is 11.3 Å². The lowest BCUT2D eigenvalue weighted by Crippen LogP contribution is -2.44. The van der Waals surface area contributed by atoms with Crippen LogP contribution in [-0.2, 0) is 4.74 Å². The molecule has 0 spiro atoms. The number of hydrogen-bond donors (Lipinski definition) is 4. The number of anilines is 1. The molecule has 3 aromatic heterocycles. The Kier molecular flexibility index (Phi) is 3.78. The number of thiophene rings is 1. The van der Waals surface area contributed by atoms with Gasteiger partial charge in [-0.05, 0) is 18.4 Å². The third-order valence-corrected chi connectivity index (χ3v) is 5.52. The van der Waals surface area contributed by atoms with E-state index in [0.717, 1.165) is 10.4 Å². The average Bonchev–Trinajstić information content (AvgIpc) is 3.27. The highest BCUT2D eigenvalue weighted by Crippen LogP contribution is 2.43. The van der Waals surface area contributed by atoms with E-state index in [9.17, 15) is 15.3 Å². The van der Waals surface area contributed by atoms with E-state index in [0.29, 0.717) is 16.9 Å². The maximum absolute atomic E-state index is 10.8. The van der Waals surface area contributed by atoms with Crippen molar-refractivity contribution in [1.82, 2.24) is 14.5 Å². The van der Waals surface area contributed by atoms with Crippen LogP contribution in [0.25, 0.3) is 21.5 Å². The lowest BCUT2D eigenvalue weighted by Gasteiger charge is -2.27. The average molecular weight is 362 g/mol. The second-order valence-corrected chi connectivity index (χ2v) is 7.21. The molecule has 5 N–H and O–H groups in total. The zero-order chi connectivity index (χ0) is 17.8. The van der Waals surface area contributed by atoms with Gasteiger partial charge in [-0.25, -0.2) is 9.97 Å². The molecule has 1 aliphatic rings. The smallest absolute Gasteiger partial charge is 0.167 e. The number of aliphatic hydroxyl groups is 3. The number of aliphatic hydroxyl groups excluding tert-OH is 2. The monoisotopic (exact) mass is 362 g/mol. The van der Waals surface area contributed by atoms with Gasteiger partial charge in [0.15, 0.2) is 6.23 Å². The van der Waals surface area contributed by atoms with Crippen molar-refractivity contribution in [3.05, 3.63) is 30.0 Å². The highest BCUT2D eigenvalue weighted by molar-refractivity contribution is 7.13. The van der Waals surface area contributed by atoms with E-state index in [1.54, 1.807) is 22.1 Å². The largest absolute Gasteiger partial charge is 0.394 e. The summed E-state index contributed by atoms with van der Waals surface area (Å²) in [5.41, 5.74) is 5.78. The highest BCUT2D eigenvalue weighted by Gasteiger charge is 2.53. The molecule has 1 saturated heterocycles. The normalized spacial score (nSPS) is 29.5. The Balaban J connectivity index is 1.93. The van der Waals surface area contributed by atoms with Crippen LogP contribution in [0.15, 0.2) is 30.0 Å². The van der Waals surface area contributed by atoms with Gasteiger partial charge in [0.2, 0.25) is 0 Å². The maximum atomic E-state index is 10.8. The van der Waals surface area contributed by atoms with E-state index in [-0.39, 0.29) is 0 Å². The van der Waals surface area contributed by atoms with Gasteiger partial charge in [-0.2, -0.15) is 0 Å². The minimum absolute atomic E-state index is 0.323. The van der Waals surface area contributed by atoms with E-state index >= 15 is 0 Å². The number of hydrogen-bond acceptors (Lipinski definition) is 8. The first-order valence-corrected chi connectivity index (χ1v) is 8.64. The van der Waals surface area contributed by atoms with Gasteiger partial charge in [-0.1, -0.05) is 6.07 Å². The fourth-order valence-corrected chi connectivity index (χ4v) is 4.04. The molecule has 25 heavy (non-hydrogen) atoms. The van der Waals surface area contributed by atoms with Crippen LogP contribution in [0.5, 0.6) is 0 Å². The van der Waals surface area contributed by atoms with Crippen molar-refractivity contribution >= 4 is 28.2 Å². The second-order valence-electron chi connectivity index (χ2n) is 6.26. The SMILES string of the molecule is CC1(O)C(O)[C@@H](CO)O[C@H]1n1cc(-c2cccs2)c2c(N)ncnc21. The summed E-state index contributed by atoms with van der Waals surface area (Å²) < 4.78 is 7.36. The number of ether oxygens (including phenoxy) is 1. The minimum atomic E-state index is -1.61. The third kappa shape index (κ3) is 2.35. The summed E-state index contributed by atoms with van der Waals surface area (Å²) in [5.74, 6) is 0.323. The summed E-state index contributed by atoms with van der Waals surface area (Å²) >= 11 is 1.54. The topological polar surface area (TPSA) is 127 Å². The molecule has 0 amide bonds. The van der Waals surface area contributed by atoms with Gasteiger partial charge in [-0.15, -0.1) is 11.3 Å². The molecule has 0 radical (unpaired) electrons. The molecule has 8 nitrogen and oxygen atoms in total. The van der Waals surface area contributed by atoms with Crippen LogP contribution in [0.3, 0.4) is 0 Å². The molecule has 4 rings (SSSR count). The molecule has 4 atom stereocenters. The summed E-state index contributed by atoms with van der Waals surface area (Å²) in [7, 11) is 0.